The number of nitrogens with zero attached hydrogens (tertiary/aromatic N) is 2. The molecule has 0 saturated carbocycles. The Morgan fingerprint density at radius 2 is 1.94 bits per heavy atom. The molecule has 5 rings (SSSR count). The first-order valence-corrected chi connectivity index (χ1v) is 11.8. The summed E-state index contributed by atoms with van der Waals surface area (Å²) >= 11 is 0. The third-order valence-corrected chi connectivity index (χ3v) is 6.30. The Hall–Kier alpha value is -3.77. The molecule has 0 bridgehead atoms. The van der Waals surface area contributed by atoms with Gasteiger partial charge in [-0.15, -0.1) is 0 Å². The molecule has 3 aromatic carbocycles. The largest absolute Gasteiger partial charge is 0.489 e. The molecule has 1 aliphatic heterocycles. The van der Waals surface area contributed by atoms with Crippen molar-refractivity contribution in [3.63, 3.8) is 0 Å². The van der Waals surface area contributed by atoms with Crippen LogP contribution in [0.15, 0.2) is 85.2 Å². The van der Waals surface area contributed by atoms with Crippen LogP contribution < -0.4 is 4.74 Å². The van der Waals surface area contributed by atoms with Crippen molar-refractivity contribution in [1.29, 1.82) is 0 Å². The number of halogens is 1. The normalized spacial score (nSPS) is 16.1. The van der Waals surface area contributed by atoms with E-state index in [0.29, 0.717) is 44.2 Å². The van der Waals surface area contributed by atoms with Crippen molar-refractivity contribution >= 4 is 16.7 Å². The van der Waals surface area contributed by atoms with Crippen LogP contribution in [-0.2, 0) is 17.8 Å². The molecule has 35 heavy (non-hydrogen) atoms. The Labute approximate surface area is 204 Å². The number of pyridine rings is 1. The van der Waals surface area contributed by atoms with Gasteiger partial charge in [-0.2, -0.15) is 0 Å². The second-order valence-electron chi connectivity index (χ2n) is 8.85. The monoisotopic (exact) mass is 470 g/mol. The number of rotatable bonds is 6. The Morgan fingerprint density at radius 1 is 1.09 bits per heavy atom. The third-order valence-electron chi connectivity index (χ3n) is 6.30. The maximum Gasteiger partial charge on any atom is 0.254 e. The molecule has 0 aliphatic carbocycles. The van der Waals surface area contributed by atoms with Crippen LogP contribution in [0.2, 0.25) is 0 Å². The van der Waals surface area contributed by atoms with E-state index < -0.39 is 0 Å². The molecule has 4 aromatic rings. The van der Waals surface area contributed by atoms with Gasteiger partial charge in [0, 0.05) is 42.4 Å². The summed E-state index contributed by atoms with van der Waals surface area (Å²) in [5, 5.41) is 2.31. The van der Waals surface area contributed by atoms with Gasteiger partial charge in [0.05, 0.1) is 13.2 Å². The molecule has 1 atom stereocenters. The van der Waals surface area contributed by atoms with Crippen LogP contribution >= 0.6 is 0 Å². The summed E-state index contributed by atoms with van der Waals surface area (Å²) in [7, 11) is 0. The van der Waals surface area contributed by atoms with Crippen LogP contribution in [0, 0.1) is 11.7 Å². The van der Waals surface area contributed by atoms with Crippen LogP contribution in [0.3, 0.4) is 0 Å². The zero-order valence-electron chi connectivity index (χ0n) is 19.4. The fourth-order valence-corrected chi connectivity index (χ4v) is 4.52. The van der Waals surface area contributed by atoms with Gasteiger partial charge in [-0.25, -0.2) is 4.39 Å². The minimum absolute atomic E-state index is 0.0325. The van der Waals surface area contributed by atoms with E-state index in [2.05, 4.69) is 23.2 Å². The number of amides is 1. The molecule has 1 fully saturated rings. The number of benzene rings is 3. The maximum absolute atomic E-state index is 13.4. The number of hydrogen-bond donors (Lipinski definition) is 0. The molecule has 0 radical (unpaired) electrons. The van der Waals surface area contributed by atoms with Gasteiger partial charge in [0.2, 0.25) is 0 Å². The molecule has 0 N–H and O–H groups in total. The Bertz CT molecular complexity index is 1300. The van der Waals surface area contributed by atoms with Crippen LogP contribution in [0.1, 0.15) is 21.5 Å². The van der Waals surface area contributed by atoms with Crippen LogP contribution in [0.25, 0.3) is 10.8 Å². The van der Waals surface area contributed by atoms with E-state index in [4.69, 9.17) is 9.47 Å². The highest BCUT2D eigenvalue weighted by molar-refractivity contribution is 5.94. The minimum atomic E-state index is -0.279. The van der Waals surface area contributed by atoms with Crippen molar-refractivity contribution in [1.82, 2.24) is 9.88 Å². The molecule has 1 amide bonds. The predicted molar refractivity (Wildman–Crippen MR) is 133 cm³/mol. The molecule has 6 heteroatoms. The average Bonchev–Trinajstić information content (AvgIpc) is 3.14. The number of fused-ring (bicyclic) bond motifs is 1. The molecule has 0 unspecified atom stereocenters. The van der Waals surface area contributed by atoms with Crippen LogP contribution in [0.5, 0.6) is 5.75 Å². The molecule has 1 aliphatic rings. The Morgan fingerprint density at radius 3 is 2.83 bits per heavy atom. The van der Waals surface area contributed by atoms with Gasteiger partial charge in [0.25, 0.3) is 5.91 Å². The van der Waals surface area contributed by atoms with E-state index in [1.165, 1.54) is 23.1 Å². The fraction of sp³-hybridized carbons (Fsp3) is 0.241. The van der Waals surface area contributed by atoms with Gasteiger partial charge in [-0.3, -0.25) is 9.78 Å². The van der Waals surface area contributed by atoms with E-state index in [-0.39, 0.29) is 17.6 Å². The highest BCUT2D eigenvalue weighted by Gasteiger charge is 2.24. The van der Waals surface area contributed by atoms with E-state index in [0.717, 1.165) is 17.4 Å². The number of ether oxygens (including phenoxy) is 2. The smallest absolute Gasteiger partial charge is 0.254 e. The summed E-state index contributed by atoms with van der Waals surface area (Å²) < 4.78 is 24.8. The second-order valence-corrected chi connectivity index (χ2v) is 8.85. The van der Waals surface area contributed by atoms with Crippen molar-refractivity contribution in [3.8, 4) is 5.75 Å². The minimum Gasteiger partial charge on any atom is -0.489 e. The summed E-state index contributed by atoms with van der Waals surface area (Å²) in [5.41, 5.74) is 2.68. The standard InChI is InChI=1S/C29H27FN2O3/c30-26-9-7-21(8-10-26)20-35-27-6-2-4-24(16-27)29(33)32-13-14-34-19-22(18-32)15-23-3-1-5-25-17-31-12-11-28(23)25/h1-12,16-17,22H,13-15,18-20H2/t22-/m1/s1. The molecule has 5 nitrogen and oxygen atoms in total. The zero-order valence-corrected chi connectivity index (χ0v) is 19.4. The zero-order chi connectivity index (χ0) is 24.0. The van der Waals surface area contributed by atoms with Crippen molar-refractivity contribution < 1.29 is 18.7 Å². The van der Waals surface area contributed by atoms with E-state index in [1.807, 2.05) is 41.6 Å². The predicted octanol–water partition coefficient (Wildman–Crippen LogP) is 5.28. The Kier molecular flexibility index (Phi) is 7.00. The van der Waals surface area contributed by atoms with Crippen molar-refractivity contribution in [2.75, 3.05) is 26.3 Å². The molecule has 1 saturated heterocycles. The molecule has 1 aromatic heterocycles. The number of hydrogen-bond acceptors (Lipinski definition) is 4. The lowest BCUT2D eigenvalue weighted by atomic mass is 9.95. The van der Waals surface area contributed by atoms with Crippen molar-refractivity contribution in [2.45, 2.75) is 13.0 Å². The summed E-state index contributed by atoms with van der Waals surface area (Å²) in [6.45, 7) is 2.61. The van der Waals surface area contributed by atoms with Gasteiger partial charge in [-0.05, 0) is 59.3 Å². The molecule has 2 heterocycles. The molecular weight excluding hydrogens is 443 g/mol. The van der Waals surface area contributed by atoms with Gasteiger partial charge in [0.15, 0.2) is 0 Å². The fourth-order valence-electron chi connectivity index (χ4n) is 4.52. The first-order valence-electron chi connectivity index (χ1n) is 11.8. The number of aromatic nitrogens is 1. The summed E-state index contributed by atoms with van der Waals surface area (Å²) in [5.74, 6) is 0.485. The SMILES string of the molecule is O=C(c1cccc(OCc2ccc(F)cc2)c1)N1CCOC[C@H](Cc2cccc3cnccc23)C1. The highest BCUT2D eigenvalue weighted by Crippen LogP contribution is 2.23. The van der Waals surface area contributed by atoms with Gasteiger partial charge in [0.1, 0.15) is 18.2 Å². The quantitative estimate of drug-likeness (QED) is 0.385. The Balaban J connectivity index is 1.27. The summed E-state index contributed by atoms with van der Waals surface area (Å²) in [4.78, 5) is 19.5. The van der Waals surface area contributed by atoms with Crippen molar-refractivity contribution in [3.05, 3.63) is 108 Å². The van der Waals surface area contributed by atoms with Gasteiger partial charge < -0.3 is 14.4 Å². The summed E-state index contributed by atoms with van der Waals surface area (Å²) in [6.07, 6.45) is 4.52. The van der Waals surface area contributed by atoms with E-state index in [1.54, 1.807) is 18.2 Å². The van der Waals surface area contributed by atoms with E-state index in [9.17, 15) is 9.18 Å². The van der Waals surface area contributed by atoms with Gasteiger partial charge >= 0.3 is 0 Å². The number of carbonyl (C=O) groups is 1. The lowest BCUT2D eigenvalue weighted by Gasteiger charge is -2.24. The van der Waals surface area contributed by atoms with Gasteiger partial charge in [-0.1, -0.05) is 36.4 Å². The second kappa shape index (κ2) is 10.7. The lowest BCUT2D eigenvalue weighted by molar-refractivity contribution is 0.0737. The van der Waals surface area contributed by atoms with Crippen molar-refractivity contribution in [2.24, 2.45) is 5.92 Å². The summed E-state index contributed by atoms with van der Waals surface area (Å²) in [6, 6.07) is 21.7. The topological polar surface area (TPSA) is 51.7 Å². The molecule has 178 valence electrons. The lowest BCUT2D eigenvalue weighted by Crippen LogP contribution is -2.36. The average molecular weight is 471 g/mol. The molecule has 0 spiro atoms. The third kappa shape index (κ3) is 5.66. The maximum atomic E-state index is 13.4. The molecular formula is C29H27FN2O3. The van der Waals surface area contributed by atoms with E-state index >= 15 is 0 Å². The van der Waals surface area contributed by atoms with Crippen LogP contribution in [-0.4, -0.2) is 42.1 Å². The number of carbonyl (C=O) groups excluding carboxylic acids is 1. The van der Waals surface area contributed by atoms with Crippen LogP contribution in [0.4, 0.5) is 4.39 Å². The highest BCUT2D eigenvalue weighted by atomic mass is 19.1. The first-order chi connectivity index (χ1) is 17.2. The first kappa shape index (κ1) is 23.0.